The van der Waals surface area contributed by atoms with Crippen molar-refractivity contribution in [3.05, 3.63) is 66.5 Å². The second-order valence-electron chi connectivity index (χ2n) is 6.15. The zero-order valence-corrected chi connectivity index (χ0v) is 15.2. The SMILES string of the molecule is COc1cccc(O[C@H](C)C(=O)N(C)Cc2cccc3cnccc23)c1. The summed E-state index contributed by atoms with van der Waals surface area (Å²) in [7, 11) is 3.38. The molecule has 1 amide bonds. The molecule has 3 rings (SSSR count). The summed E-state index contributed by atoms with van der Waals surface area (Å²) in [6.07, 6.45) is 3.00. The van der Waals surface area contributed by atoms with Crippen LogP contribution in [0.15, 0.2) is 60.9 Å². The minimum Gasteiger partial charge on any atom is -0.497 e. The van der Waals surface area contributed by atoms with Gasteiger partial charge in [0.05, 0.1) is 7.11 Å². The molecule has 0 aliphatic rings. The van der Waals surface area contributed by atoms with Crippen LogP contribution in [0.4, 0.5) is 0 Å². The lowest BCUT2D eigenvalue weighted by molar-refractivity contribution is -0.137. The minimum atomic E-state index is -0.594. The van der Waals surface area contributed by atoms with Crippen LogP contribution >= 0.6 is 0 Å². The quantitative estimate of drug-likeness (QED) is 0.681. The molecular formula is C21H22N2O3. The van der Waals surface area contributed by atoms with Crippen LogP contribution in [-0.4, -0.2) is 36.1 Å². The largest absolute Gasteiger partial charge is 0.497 e. The van der Waals surface area contributed by atoms with Crippen molar-refractivity contribution in [1.82, 2.24) is 9.88 Å². The predicted molar refractivity (Wildman–Crippen MR) is 101 cm³/mol. The summed E-state index contributed by atoms with van der Waals surface area (Å²) >= 11 is 0. The summed E-state index contributed by atoms with van der Waals surface area (Å²) < 4.78 is 11.0. The zero-order chi connectivity index (χ0) is 18.5. The summed E-state index contributed by atoms with van der Waals surface area (Å²) in [5.74, 6) is 1.22. The molecule has 2 aromatic carbocycles. The number of aromatic nitrogens is 1. The van der Waals surface area contributed by atoms with Crippen LogP contribution in [0, 0.1) is 0 Å². The van der Waals surface area contributed by atoms with E-state index in [1.54, 1.807) is 38.2 Å². The summed E-state index contributed by atoms with van der Waals surface area (Å²) in [6.45, 7) is 2.26. The average molecular weight is 350 g/mol. The summed E-state index contributed by atoms with van der Waals surface area (Å²) in [4.78, 5) is 18.5. The third kappa shape index (κ3) is 3.94. The number of rotatable bonds is 6. The van der Waals surface area contributed by atoms with Gasteiger partial charge in [-0.25, -0.2) is 0 Å². The van der Waals surface area contributed by atoms with Gasteiger partial charge in [-0.05, 0) is 36.1 Å². The first-order valence-electron chi connectivity index (χ1n) is 8.46. The average Bonchev–Trinajstić information content (AvgIpc) is 2.67. The van der Waals surface area contributed by atoms with Crippen LogP contribution < -0.4 is 9.47 Å². The maximum atomic E-state index is 12.7. The number of benzene rings is 2. The highest BCUT2D eigenvalue weighted by Gasteiger charge is 2.20. The van der Waals surface area contributed by atoms with Gasteiger partial charge in [-0.2, -0.15) is 0 Å². The van der Waals surface area contributed by atoms with E-state index in [4.69, 9.17) is 9.47 Å². The van der Waals surface area contributed by atoms with Crippen LogP contribution in [0.2, 0.25) is 0 Å². The number of hydrogen-bond acceptors (Lipinski definition) is 4. The molecule has 134 valence electrons. The predicted octanol–water partition coefficient (Wildman–Crippen LogP) is 3.67. The highest BCUT2D eigenvalue weighted by atomic mass is 16.5. The standard InChI is InChI=1S/C21H22N2O3/c1-15(26-19-9-5-8-18(12-19)25-3)21(24)23(2)14-17-7-4-6-16-13-22-11-10-20(16)17/h4-13,15H,14H2,1-3H3/t15-/m1/s1. The highest BCUT2D eigenvalue weighted by molar-refractivity contribution is 5.86. The highest BCUT2D eigenvalue weighted by Crippen LogP contribution is 2.22. The number of carbonyl (C=O) groups is 1. The second-order valence-corrected chi connectivity index (χ2v) is 6.15. The molecule has 0 fully saturated rings. The Kier molecular flexibility index (Phi) is 5.37. The van der Waals surface area contributed by atoms with Crippen LogP contribution in [0.3, 0.4) is 0 Å². The Morgan fingerprint density at radius 2 is 1.92 bits per heavy atom. The Morgan fingerprint density at radius 3 is 2.73 bits per heavy atom. The van der Waals surface area contributed by atoms with Gasteiger partial charge in [-0.15, -0.1) is 0 Å². The fourth-order valence-corrected chi connectivity index (χ4v) is 2.90. The zero-order valence-electron chi connectivity index (χ0n) is 15.2. The fraction of sp³-hybridized carbons (Fsp3) is 0.238. The van der Waals surface area contributed by atoms with Crippen molar-refractivity contribution in [3.63, 3.8) is 0 Å². The van der Waals surface area contributed by atoms with E-state index in [0.717, 1.165) is 16.3 Å². The van der Waals surface area contributed by atoms with Gasteiger partial charge < -0.3 is 14.4 Å². The van der Waals surface area contributed by atoms with Gasteiger partial charge in [0.2, 0.25) is 0 Å². The Balaban J connectivity index is 1.70. The van der Waals surface area contributed by atoms with E-state index in [9.17, 15) is 4.79 Å². The van der Waals surface area contributed by atoms with E-state index < -0.39 is 6.10 Å². The van der Waals surface area contributed by atoms with Crippen LogP contribution in [0.5, 0.6) is 11.5 Å². The second kappa shape index (κ2) is 7.87. The third-order valence-corrected chi connectivity index (χ3v) is 4.26. The lowest BCUT2D eigenvalue weighted by Gasteiger charge is -2.23. The molecular weight excluding hydrogens is 328 g/mol. The lowest BCUT2D eigenvalue weighted by Crippen LogP contribution is -2.37. The summed E-state index contributed by atoms with van der Waals surface area (Å²) in [5, 5.41) is 2.16. The molecule has 3 aromatic rings. The van der Waals surface area contributed by atoms with E-state index in [2.05, 4.69) is 4.98 Å². The number of methoxy groups -OCH3 is 1. The van der Waals surface area contributed by atoms with Crippen molar-refractivity contribution in [2.24, 2.45) is 0 Å². The van der Waals surface area contributed by atoms with Crippen molar-refractivity contribution in [1.29, 1.82) is 0 Å². The normalized spacial score (nSPS) is 11.8. The monoisotopic (exact) mass is 350 g/mol. The number of nitrogens with zero attached hydrogens (tertiary/aromatic N) is 2. The van der Waals surface area contributed by atoms with Crippen molar-refractivity contribution < 1.29 is 14.3 Å². The molecule has 0 saturated carbocycles. The first-order chi connectivity index (χ1) is 12.6. The lowest BCUT2D eigenvalue weighted by atomic mass is 10.1. The first kappa shape index (κ1) is 17.7. The van der Waals surface area contributed by atoms with E-state index >= 15 is 0 Å². The number of hydrogen-bond donors (Lipinski definition) is 0. The fourth-order valence-electron chi connectivity index (χ4n) is 2.90. The maximum absolute atomic E-state index is 12.7. The topological polar surface area (TPSA) is 51.7 Å². The molecule has 0 saturated heterocycles. The molecule has 0 N–H and O–H groups in total. The molecule has 1 atom stereocenters. The van der Waals surface area contributed by atoms with Crippen molar-refractivity contribution in [2.75, 3.05) is 14.2 Å². The van der Waals surface area contributed by atoms with E-state index in [1.165, 1.54) is 0 Å². The molecule has 0 spiro atoms. The molecule has 5 nitrogen and oxygen atoms in total. The van der Waals surface area contributed by atoms with Crippen molar-refractivity contribution in [2.45, 2.75) is 19.6 Å². The number of ether oxygens (including phenoxy) is 2. The van der Waals surface area contributed by atoms with Crippen molar-refractivity contribution in [3.8, 4) is 11.5 Å². The van der Waals surface area contributed by atoms with Crippen LogP contribution in [-0.2, 0) is 11.3 Å². The minimum absolute atomic E-state index is 0.0844. The summed E-state index contributed by atoms with van der Waals surface area (Å²) in [6, 6.07) is 15.2. The summed E-state index contributed by atoms with van der Waals surface area (Å²) in [5.41, 5.74) is 1.08. The molecule has 0 aliphatic heterocycles. The van der Waals surface area contributed by atoms with Gasteiger partial charge in [-0.3, -0.25) is 9.78 Å². The van der Waals surface area contributed by atoms with Gasteiger partial charge >= 0.3 is 0 Å². The maximum Gasteiger partial charge on any atom is 0.263 e. The van der Waals surface area contributed by atoms with Crippen molar-refractivity contribution >= 4 is 16.7 Å². The smallest absolute Gasteiger partial charge is 0.263 e. The molecule has 1 heterocycles. The third-order valence-electron chi connectivity index (χ3n) is 4.26. The van der Waals surface area contributed by atoms with E-state index in [1.807, 2.05) is 48.7 Å². The van der Waals surface area contributed by atoms with Gasteiger partial charge in [0.15, 0.2) is 6.10 Å². The number of carbonyl (C=O) groups excluding carboxylic acids is 1. The number of fused-ring (bicyclic) bond motifs is 1. The molecule has 26 heavy (non-hydrogen) atoms. The molecule has 5 heteroatoms. The Morgan fingerprint density at radius 1 is 1.15 bits per heavy atom. The Hall–Kier alpha value is -3.08. The van der Waals surface area contributed by atoms with Gasteiger partial charge in [-0.1, -0.05) is 24.3 Å². The molecule has 0 unspecified atom stereocenters. The Bertz CT molecular complexity index is 905. The van der Waals surface area contributed by atoms with E-state index in [-0.39, 0.29) is 5.91 Å². The first-order valence-corrected chi connectivity index (χ1v) is 8.46. The number of likely N-dealkylation sites (N-methyl/N-ethyl adjacent to an activating group) is 1. The van der Waals surface area contributed by atoms with Crippen LogP contribution in [0.25, 0.3) is 10.8 Å². The van der Waals surface area contributed by atoms with Gasteiger partial charge in [0.25, 0.3) is 5.91 Å². The van der Waals surface area contributed by atoms with Gasteiger partial charge in [0, 0.05) is 37.4 Å². The van der Waals surface area contributed by atoms with Gasteiger partial charge in [0.1, 0.15) is 11.5 Å². The Labute approximate surface area is 153 Å². The molecule has 0 aliphatic carbocycles. The molecule has 0 radical (unpaired) electrons. The number of pyridine rings is 1. The molecule has 1 aromatic heterocycles. The number of amides is 1. The van der Waals surface area contributed by atoms with E-state index in [0.29, 0.717) is 18.0 Å². The van der Waals surface area contributed by atoms with Crippen LogP contribution in [0.1, 0.15) is 12.5 Å². The molecule has 0 bridgehead atoms.